The average Bonchev–Trinajstić information content (AvgIpc) is 2.93. The molecule has 5 fully saturated rings. The minimum absolute atomic E-state index is 0.134. The van der Waals surface area contributed by atoms with E-state index in [4.69, 9.17) is 0 Å². The van der Waals surface area contributed by atoms with Crippen molar-refractivity contribution in [1.82, 2.24) is 4.90 Å². The smallest absolute Gasteiger partial charge is 0.275 e. The molecule has 6 heteroatoms. The summed E-state index contributed by atoms with van der Waals surface area (Å²) in [5.41, 5.74) is 1.07. The largest absolute Gasteiger partial charge is 0.325 e. The molecule has 26 heavy (non-hydrogen) atoms. The van der Waals surface area contributed by atoms with Crippen LogP contribution in [0.25, 0.3) is 0 Å². The van der Waals surface area contributed by atoms with Crippen molar-refractivity contribution >= 4 is 23.4 Å². The summed E-state index contributed by atoms with van der Waals surface area (Å²) < 4.78 is 0. The SMILES string of the molecule is O=C1CS[C@H](c2ccccc2[N+](=O)[O-])N1CC12CC3CC(CC(C3)C1)C2. The third-order valence-electron chi connectivity index (χ3n) is 7.04. The van der Waals surface area contributed by atoms with Gasteiger partial charge < -0.3 is 4.90 Å². The summed E-state index contributed by atoms with van der Waals surface area (Å²) in [6.07, 6.45) is 7.89. The van der Waals surface area contributed by atoms with Gasteiger partial charge in [-0.2, -0.15) is 0 Å². The molecule has 5 nitrogen and oxygen atoms in total. The second-order valence-electron chi connectivity index (χ2n) is 8.92. The molecule has 0 aromatic heterocycles. The number of carbonyl (C=O) groups is 1. The number of carbonyl (C=O) groups excluding carboxylic acids is 1. The van der Waals surface area contributed by atoms with E-state index in [1.165, 1.54) is 38.5 Å². The van der Waals surface area contributed by atoms with Gasteiger partial charge in [0, 0.05) is 12.6 Å². The van der Waals surface area contributed by atoms with Crippen LogP contribution in [-0.2, 0) is 4.79 Å². The normalized spacial score (nSPS) is 38.2. The molecule has 0 unspecified atom stereocenters. The summed E-state index contributed by atoms with van der Waals surface area (Å²) in [6.45, 7) is 0.791. The number of nitro groups is 1. The molecule has 4 aliphatic carbocycles. The van der Waals surface area contributed by atoms with Crippen LogP contribution in [0.5, 0.6) is 0 Å². The lowest BCUT2D eigenvalue weighted by atomic mass is 9.49. The molecule has 138 valence electrons. The summed E-state index contributed by atoms with van der Waals surface area (Å²) in [6, 6.07) is 6.92. The number of nitro benzene ring substituents is 1. The quantitative estimate of drug-likeness (QED) is 0.581. The van der Waals surface area contributed by atoms with E-state index in [-0.39, 0.29) is 27.3 Å². The van der Waals surface area contributed by atoms with Crippen molar-refractivity contribution in [2.24, 2.45) is 23.2 Å². The van der Waals surface area contributed by atoms with Gasteiger partial charge in [0.25, 0.3) is 5.69 Å². The van der Waals surface area contributed by atoms with E-state index in [9.17, 15) is 14.9 Å². The van der Waals surface area contributed by atoms with Crippen LogP contribution in [0.3, 0.4) is 0 Å². The molecule has 1 heterocycles. The summed E-state index contributed by atoms with van der Waals surface area (Å²) >= 11 is 1.54. The van der Waals surface area contributed by atoms with Crippen molar-refractivity contribution < 1.29 is 9.72 Å². The van der Waals surface area contributed by atoms with Crippen LogP contribution in [0.1, 0.15) is 49.5 Å². The van der Waals surface area contributed by atoms with E-state index in [2.05, 4.69) is 0 Å². The maximum Gasteiger partial charge on any atom is 0.275 e. The first-order valence-corrected chi connectivity index (χ1v) is 10.7. The van der Waals surface area contributed by atoms with Gasteiger partial charge in [0.15, 0.2) is 0 Å². The third-order valence-corrected chi connectivity index (χ3v) is 8.28. The van der Waals surface area contributed by atoms with Crippen LogP contribution in [-0.4, -0.2) is 28.0 Å². The molecule has 4 saturated carbocycles. The van der Waals surface area contributed by atoms with Gasteiger partial charge in [-0.1, -0.05) is 12.1 Å². The lowest BCUT2D eigenvalue weighted by Gasteiger charge is -2.57. The van der Waals surface area contributed by atoms with E-state index in [1.54, 1.807) is 23.9 Å². The van der Waals surface area contributed by atoms with Crippen molar-refractivity contribution in [3.05, 3.63) is 39.9 Å². The Morgan fingerprint density at radius 2 is 1.73 bits per heavy atom. The molecule has 0 radical (unpaired) electrons. The van der Waals surface area contributed by atoms with E-state index in [1.807, 2.05) is 17.0 Å². The van der Waals surface area contributed by atoms with Gasteiger partial charge in [-0.15, -0.1) is 11.8 Å². The second kappa shape index (κ2) is 5.98. The molecule has 1 atom stereocenters. The van der Waals surface area contributed by atoms with Crippen LogP contribution in [0, 0.1) is 33.3 Å². The molecule has 5 aliphatic rings. The van der Waals surface area contributed by atoms with Crippen molar-refractivity contribution in [2.45, 2.75) is 43.9 Å². The number of amides is 1. The predicted octanol–water partition coefficient (Wildman–Crippen LogP) is 4.39. The number of rotatable bonds is 4. The van der Waals surface area contributed by atoms with Crippen molar-refractivity contribution in [3.63, 3.8) is 0 Å². The molecular formula is C20H24N2O3S. The van der Waals surface area contributed by atoms with Gasteiger partial charge in [0.2, 0.25) is 5.91 Å². The van der Waals surface area contributed by atoms with Crippen LogP contribution in [0.15, 0.2) is 24.3 Å². The van der Waals surface area contributed by atoms with E-state index in [0.29, 0.717) is 11.3 Å². The molecule has 1 aliphatic heterocycles. The molecule has 1 aromatic rings. The fourth-order valence-electron chi connectivity index (χ4n) is 6.59. The Labute approximate surface area is 157 Å². The zero-order valence-electron chi connectivity index (χ0n) is 14.8. The Kier molecular flexibility index (Phi) is 3.82. The minimum Gasteiger partial charge on any atom is -0.325 e. The topological polar surface area (TPSA) is 63.4 Å². The summed E-state index contributed by atoms with van der Waals surface area (Å²) in [4.78, 5) is 25.8. The summed E-state index contributed by atoms with van der Waals surface area (Å²) in [7, 11) is 0. The molecule has 0 spiro atoms. The summed E-state index contributed by atoms with van der Waals surface area (Å²) in [5.74, 6) is 3.11. The molecule has 0 N–H and O–H groups in total. The maximum absolute atomic E-state index is 12.7. The zero-order valence-corrected chi connectivity index (χ0v) is 15.6. The van der Waals surface area contributed by atoms with E-state index < -0.39 is 0 Å². The van der Waals surface area contributed by atoms with E-state index >= 15 is 0 Å². The van der Waals surface area contributed by atoms with Crippen molar-refractivity contribution in [3.8, 4) is 0 Å². The van der Waals surface area contributed by atoms with Gasteiger partial charge in [-0.05, 0) is 67.8 Å². The lowest BCUT2D eigenvalue weighted by Crippen LogP contribution is -2.51. The number of thioether (sulfide) groups is 1. The van der Waals surface area contributed by atoms with Crippen LogP contribution < -0.4 is 0 Å². The molecule has 6 rings (SSSR count). The van der Waals surface area contributed by atoms with E-state index in [0.717, 1.165) is 24.3 Å². The van der Waals surface area contributed by atoms with Crippen LogP contribution >= 0.6 is 11.8 Å². The highest BCUT2D eigenvalue weighted by molar-refractivity contribution is 8.00. The Hall–Kier alpha value is -1.56. The molecule has 1 saturated heterocycles. The Morgan fingerprint density at radius 1 is 1.12 bits per heavy atom. The second-order valence-corrected chi connectivity index (χ2v) is 9.99. The van der Waals surface area contributed by atoms with Crippen LogP contribution in [0.4, 0.5) is 5.69 Å². The van der Waals surface area contributed by atoms with Crippen LogP contribution in [0.2, 0.25) is 0 Å². The zero-order chi connectivity index (χ0) is 17.9. The van der Waals surface area contributed by atoms with Gasteiger partial charge in [0.05, 0.1) is 16.2 Å². The average molecular weight is 372 g/mol. The number of hydrogen-bond donors (Lipinski definition) is 0. The Balaban J connectivity index is 1.44. The Morgan fingerprint density at radius 3 is 2.35 bits per heavy atom. The fourth-order valence-corrected chi connectivity index (χ4v) is 7.81. The lowest BCUT2D eigenvalue weighted by molar-refractivity contribution is -0.385. The highest BCUT2D eigenvalue weighted by Gasteiger charge is 2.53. The number of benzene rings is 1. The molecule has 1 aromatic carbocycles. The standard InChI is InChI=1S/C20H24N2O3S/c23-18-11-26-19(16-3-1-2-4-17(16)22(24)25)21(18)12-20-8-13-5-14(9-20)7-15(6-13)10-20/h1-4,13-15,19H,5-12H2/t13?,14?,15?,19-,20?/m1/s1. The van der Waals surface area contributed by atoms with Gasteiger partial charge in [-0.25, -0.2) is 0 Å². The number of nitrogens with zero attached hydrogens (tertiary/aromatic N) is 2. The molecule has 4 bridgehead atoms. The molecule has 1 amide bonds. The monoisotopic (exact) mass is 372 g/mol. The third kappa shape index (κ3) is 2.65. The fraction of sp³-hybridized carbons (Fsp3) is 0.650. The highest BCUT2D eigenvalue weighted by atomic mass is 32.2. The van der Waals surface area contributed by atoms with Gasteiger partial charge >= 0.3 is 0 Å². The minimum atomic E-state index is -0.318. The molecular weight excluding hydrogens is 348 g/mol. The predicted molar refractivity (Wildman–Crippen MR) is 101 cm³/mol. The maximum atomic E-state index is 12.7. The van der Waals surface area contributed by atoms with Crippen molar-refractivity contribution in [2.75, 3.05) is 12.3 Å². The first kappa shape index (κ1) is 16.6. The number of hydrogen-bond acceptors (Lipinski definition) is 4. The van der Waals surface area contributed by atoms with Gasteiger partial charge in [-0.3, -0.25) is 14.9 Å². The highest BCUT2D eigenvalue weighted by Crippen LogP contribution is 2.61. The summed E-state index contributed by atoms with van der Waals surface area (Å²) in [5, 5.41) is 11.3. The van der Waals surface area contributed by atoms with Gasteiger partial charge in [0.1, 0.15) is 5.37 Å². The number of para-hydroxylation sites is 1. The first-order valence-electron chi connectivity index (χ1n) is 9.67. The first-order chi connectivity index (χ1) is 12.5. The Bertz CT molecular complexity index is 730. The van der Waals surface area contributed by atoms with Crippen molar-refractivity contribution in [1.29, 1.82) is 0 Å².